The monoisotopic (exact) mass is 434 g/mol. The fraction of sp³-hybridized carbons (Fsp3) is 0.519. The molecule has 1 amide bonds. The van der Waals surface area contributed by atoms with Crippen molar-refractivity contribution in [2.45, 2.75) is 63.3 Å². The van der Waals surface area contributed by atoms with Gasteiger partial charge in [-0.05, 0) is 73.8 Å². The molecular weight excluding hydrogens is 400 g/mol. The number of amides is 1. The van der Waals surface area contributed by atoms with E-state index in [4.69, 9.17) is 9.47 Å². The molecule has 0 bridgehead atoms. The molecule has 1 spiro atoms. The van der Waals surface area contributed by atoms with Gasteiger partial charge in [0.15, 0.2) is 0 Å². The zero-order valence-electron chi connectivity index (χ0n) is 18.9. The predicted octanol–water partition coefficient (Wildman–Crippen LogP) is 4.34. The number of anilines is 1. The second kappa shape index (κ2) is 9.74. The molecule has 0 unspecified atom stereocenters. The molecule has 170 valence electrons. The molecule has 2 aliphatic heterocycles. The maximum absolute atomic E-state index is 12.8. The number of carbonyl (C=O) groups excluding carboxylic acids is 1. The number of nitrogens with zero attached hydrogens (tertiary/aromatic N) is 1. The SMILES string of the molecule is O=C(CN1CC[C@]2(CCCO2)[C@@H](OCc2ccccc2)C1)Nc1ccc2c(c1)CCCC2. The summed E-state index contributed by atoms with van der Waals surface area (Å²) in [4.78, 5) is 15.0. The highest BCUT2D eigenvalue weighted by molar-refractivity contribution is 5.92. The molecule has 1 aliphatic carbocycles. The third-order valence-corrected chi connectivity index (χ3v) is 7.29. The van der Waals surface area contributed by atoms with Gasteiger partial charge in [-0.15, -0.1) is 0 Å². The number of benzene rings is 2. The summed E-state index contributed by atoms with van der Waals surface area (Å²) in [5.41, 5.74) is 4.72. The number of hydrogen-bond donors (Lipinski definition) is 1. The molecule has 2 saturated heterocycles. The van der Waals surface area contributed by atoms with Gasteiger partial charge in [0, 0.05) is 25.4 Å². The summed E-state index contributed by atoms with van der Waals surface area (Å²) in [6, 6.07) is 16.7. The number of aryl methyl sites for hydroxylation is 2. The van der Waals surface area contributed by atoms with Gasteiger partial charge in [0.05, 0.1) is 24.9 Å². The molecule has 2 heterocycles. The fourth-order valence-electron chi connectivity index (χ4n) is 5.50. The number of fused-ring (bicyclic) bond motifs is 1. The number of hydrogen-bond acceptors (Lipinski definition) is 4. The van der Waals surface area contributed by atoms with Crippen LogP contribution in [0.2, 0.25) is 0 Å². The van der Waals surface area contributed by atoms with Crippen LogP contribution in [0.5, 0.6) is 0 Å². The summed E-state index contributed by atoms with van der Waals surface area (Å²) in [6.45, 7) is 3.36. The van der Waals surface area contributed by atoms with E-state index in [-0.39, 0.29) is 17.6 Å². The van der Waals surface area contributed by atoms with Crippen LogP contribution in [0.4, 0.5) is 5.69 Å². The second-order valence-corrected chi connectivity index (χ2v) is 9.53. The molecule has 3 aliphatic rings. The quantitative estimate of drug-likeness (QED) is 0.735. The summed E-state index contributed by atoms with van der Waals surface area (Å²) in [5, 5.41) is 3.12. The predicted molar refractivity (Wildman–Crippen MR) is 126 cm³/mol. The van der Waals surface area contributed by atoms with E-state index in [1.54, 1.807) is 0 Å². The highest BCUT2D eigenvalue weighted by Crippen LogP contribution is 2.38. The molecule has 1 N–H and O–H groups in total. The molecule has 0 aromatic heterocycles. The van der Waals surface area contributed by atoms with Gasteiger partial charge in [-0.1, -0.05) is 36.4 Å². The lowest BCUT2D eigenvalue weighted by atomic mass is 9.85. The number of ether oxygens (including phenoxy) is 2. The highest BCUT2D eigenvalue weighted by atomic mass is 16.6. The number of piperidine rings is 1. The van der Waals surface area contributed by atoms with E-state index in [2.05, 4.69) is 34.5 Å². The molecule has 0 saturated carbocycles. The summed E-state index contributed by atoms with van der Waals surface area (Å²) in [6.07, 6.45) is 7.82. The molecular formula is C27H34N2O3. The van der Waals surface area contributed by atoms with Crippen LogP contribution in [-0.2, 0) is 33.7 Å². The molecule has 32 heavy (non-hydrogen) atoms. The van der Waals surface area contributed by atoms with Crippen molar-refractivity contribution in [1.82, 2.24) is 4.90 Å². The van der Waals surface area contributed by atoms with Gasteiger partial charge in [0.2, 0.25) is 5.91 Å². The topological polar surface area (TPSA) is 50.8 Å². The first kappa shape index (κ1) is 21.6. The van der Waals surface area contributed by atoms with E-state index in [1.807, 2.05) is 24.3 Å². The van der Waals surface area contributed by atoms with Gasteiger partial charge in [-0.2, -0.15) is 0 Å². The van der Waals surface area contributed by atoms with E-state index >= 15 is 0 Å². The average molecular weight is 435 g/mol. The average Bonchev–Trinajstić information content (AvgIpc) is 3.29. The van der Waals surface area contributed by atoms with Gasteiger partial charge in [-0.25, -0.2) is 0 Å². The largest absolute Gasteiger partial charge is 0.372 e. The maximum Gasteiger partial charge on any atom is 0.238 e. The minimum absolute atomic E-state index is 0.0181. The number of nitrogens with one attached hydrogen (secondary N) is 1. The first-order valence-electron chi connectivity index (χ1n) is 12.1. The van der Waals surface area contributed by atoms with Crippen LogP contribution in [0.1, 0.15) is 48.8 Å². The maximum atomic E-state index is 12.8. The van der Waals surface area contributed by atoms with Crippen molar-refractivity contribution in [3.63, 3.8) is 0 Å². The summed E-state index contributed by atoms with van der Waals surface area (Å²) in [5.74, 6) is 0.0471. The van der Waals surface area contributed by atoms with Crippen molar-refractivity contribution < 1.29 is 14.3 Å². The van der Waals surface area contributed by atoms with Crippen LogP contribution >= 0.6 is 0 Å². The summed E-state index contributed by atoms with van der Waals surface area (Å²) >= 11 is 0. The number of carbonyl (C=O) groups is 1. The number of rotatable bonds is 6. The van der Waals surface area contributed by atoms with Gasteiger partial charge in [0.1, 0.15) is 0 Å². The Morgan fingerprint density at radius 1 is 1.06 bits per heavy atom. The Kier molecular flexibility index (Phi) is 6.58. The first-order chi connectivity index (χ1) is 15.7. The van der Waals surface area contributed by atoms with Crippen molar-refractivity contribution in [3.8, 4) is 0 Å². The zero-order chi connectivity index (χ0) is 21.8. The standard InChI is InChI=1S/C27H34N2O3/c30-26(28-24-12-11-22-9-4-5-10-23(22)17-24)19-29-15-14-27(13-6-16-32-27)25(18-29)31-20-21-7-2-1-3-8-21/h1-3,7-8,11-12,17,25H,4-6,9-10,13-16,18-20H2,(H,28,30)/t25-,27+/m0/s1. The Balaban J connectivity index is 1.20. The summed E-state index contributed by atoms with van der Waals surface area (Å²) in [7, 11) is 0. The van der Waals surface area contributed by atoms with Crippen LogP contribution in [0.15, 0.2) is 48.5 Å². The Bertz CT molecular complexity index is 924. The third-order valence-electron chi connectivity index (χ3n) is 7.29. The lowest BCUT2D eigenvalue weighted by molar-refractivity contribution is -0.159. The van der Waals surface area contributed by atoms with Crippen LogP contribution in [0, 0.1) is 0 Å². The van der Waals surface area contributed by atoms with Gasteiger partial charge < -0.3 is 14.8 Å². The Morgan fingerprint density at radius 3 is 2.72 bits per heavy atom. The normalized spacial score (nSPS) is 25.6. The van der Waals surface area contributed by atoms with Crippen LogP contribution in [0.25, 0.3) is 0 Å². The molecule has 5 heteroatoms. The second-order valence-electron chi connectivity index (χ2n) is 9.53. The number of likely N-dealkylation sites (tertiary alicyclic amines) is 1. The molecule has 0 radical (unpaired) electrons. The van der Waals surface area contributed by atoms with E-state index in [0.717, 1.165) is 57.5 Å². The van der Waals surface area contributed by atoms with Crippen molar-refractivity contribution in [1.29, 1.82) is 0 Å². The summed E-state index contributed by atoms with van der Waals surface area (Å²) < 4.78 is 12.6. The van der Waals surface area contributed by atoms with Crippen molar-refractivity contribution in [2.75, 3.05) is 31.6 Å². The smallest absolute Gasteiger partial charge is 0.238 e. The van der Waals surface area contributed by atoms with E-state index < -0.39 is 0 Å². The Hall–Kier alpha value is -2.21. The van der Waals surface area contributed by atoms with Crippen LogP contribution < -0.4 is 5.32 Å². The Labute approximate surface area is 191 Å². The highest BCUT2D eigenvalue weighted by Gasteiger charge is 2.47. The zero-order valence-corrected chi connectivity index (χ0v) is 18.9. The molecule has 2 aromatic rings. The van der Waals surface area contributed by atoms with Crippen LogP contribution in [-0.4, -0.2) is 48.8 Å². The van der Waals surface area contributed by atoms with Crippen molar-refractivity contribution in [3.05, 3.63) is 65.2 Å². The van der Waals surface area contributed by atoms with Crippen molar-refractivity contribution >= 4 is 11.6 Å². The third kappa shape index (κ3) is 4.90. The van der Waals surface area contributed by atoms with E-state index in [9.17, 15) is 4.79 Å². The van der Waals surface area contributed by atoms with E-state index in [1.165, 1.54) is 29.5 Å². The van der Waals surface area contributed by atoms with Gasteiger partial charge >= 0.3 is 0 Å². The van der Waals surface area contributed by atoms with E-state index in [0.29, 0.717) is 13.2 Å². The minimum atomic E-state index is -0.194. The van der Waals surface area contributed by atoms with Crippen LogP contribution in [0.3, 0.4) is 0 Å². The van der Waals surface area contributed by atoms with Gasteiger partial charge in [-0.3, -0.25) is 9.69 Å². The lowest BCUT2D eigenvalue weighted by Crippen LogP contribution is -2.57. The first-order valence-corrected chi connectivity index (χ1v) is 12.1. The Morgan fingerprint density at radius 2 is 1.91 bits per heavy atom. The molecule has 2 fully saturated rings. The minimum Gasteiger partial charge on any atom is -0.372 e. The molecule has 2 aromatic carbocycles. The fourth-order valence-corrected chi connectivity index (χ4v) is 5.50. The van der Waals surface area contributed by atoms with Gasteiger partial charge in [0.25, 0.3) is 0 Å². The molecule has 5 nitrogen and oxygen atoms in total. The molecule has 2 atom stereocenters. The van der Waals surface area contributed by atoms with Crippen molar-refractivity contribution in [2.24, 2.45) is 0 Å². The lowest BCUT2D eigenvalue weighted by Gasteiger charge is -2.44. The molecule has 5 rings (SSSR count).